The van der Waals surface area contributed by atoms with Gasteiger partial charge in [-0.15, -0.1) is 0 Å². The fourth-order valence-electron chi connectivity index (χ4n) is 4.52. The lowest BCUT2D eigenvalue weighted by Crippen LogP contribution is -2.40. The van der Waals surface area contributed by atoms with Crippen LogP contribution in [0.5, 0.6) is 0 Å². The van der Waals surface area contributed by atoms with Crippen molar-refractivity contribution in [1.82, 2.24) is 24.5 Å². The first-order chi connectivity index (χ1) is 18.5. The second-order valence-electron chi connectivity index (χ2n) is 9.01. The lowest BCUT2D eigenvalue weighted by Gasteiger charge is -2.26. The number of nitrogens with one attached hydrogen (secondary N) is 2. The van der Waals surface area contributed by atoms with Crippen molar-refractivity contribution in [3.63, 3.8) is 0 Å². The van der Waals surface area contributed by atoms with Crippen LogP contribution in [-0.2, 0) is 9.53 Å². The van der Waals surface area contributed by atoms with Gasteiger partial charge in [0.1, 0.15) is 5.69 Å². The Morgan fingerprint density at radius 1 is 1.03 bits per heavy atom. The molecule has 0 aliphatic carbocycles. The first-order valence-electron chi connectivity index (χ1n) is 12.3. The molecule has 2 N–H and O–H groups in total. The Hall–Kier alpha value is -4.94. The van der Waals surface area contributed by atoms with Crippen molar-refractivity contribution in [3.8, 4) is 23.1 Å². The second kappa shape index (κ2) is 9.84. The second-order valence-corrected chi connectivity index (χ2v) is 9.01. The number of ether oxygens (including phenoxy) is 1. The number of hydrogen-bond donors (Lipinski definition) is 2. The van der Waals surface area contributed by atoms with Crippen molar-refractivity contribution < 1.29 is 14.3 Å². The molecule has 3 aromatic heterocycles. The number of H-pyrrole nitrogens is 1. The highest BCUT2D eigenvalue weighted by Gasteiger charge is 2.18. The van der Waals surface area contributed by atoms with Crippen LogP contribution in [-0.4, -0.2) is 62.6 Å². The predicted octanol–water partition coefficient (Wildman–Crippen LogP) is 3.71. The van der Waals surface area contributed by atoms with E-state index in [0.29, 0.717) is 48.9 Å². The fourth-order valence-corrected chi connectivity index (χ4v) is 4.52. The Morgan fingerprint density at radius 3 is 2.63 bits per heavy atom. The summed E-state index contributed by atoms with van der Waals surface area (Å²) < 4.78 is 7.05. The maximum atomic E-state index is 12.8. The zero-order chi connectivity index (χ0) is 26.1. The molecule has 5 aromatic rings. The number of fused-ring (bicyclic) bond motifs is 2. The molecule has 0 unspecified atom stereocenters. The number of carbonyl (C=O) groups is 2. The molecule has 0 atom stereocenters. The van der Waals surface area contributed by atoms with Crippen LogP contribution in [0.1, 0.15) is 28.5 Å². The first-order valence-corrected chi connectivity index (χ1v) is 12.3. The first kappa shape index (κ1) is 23.5. The van der Waals surface area contributed by atoms with Gasteiger partial charge in [-0.05, 0) is 48.4 Å². The van der Waals surface area contributed by atoms with Crippen LogP contribution in [0.25, 0.3) is 27.8 Å². The molecule has 38 heavy (non-hydrogen) atoms. The normalized spacial score (nSPS) is 13.3. The van der Waals surface area contributed by atoms with Gasteiger partial charge in [0.15, 0.2) is 5.65 Å². The van der Waals surface area contributed by atoms with E-state index in [2.05, 4.69) is 27.1 Å². The summed E-state index contributed by atoms with van der Waals surface area (Å²) in [5.74, 6) is 6.27. The third kappa shape index (κ3) is 4.61. The predicted molar refractivity (Wildman–Crippen MR) is 144 cm³/mol. The molecule has 1 fully saturated rings. The summed E-state index contributed by atoms with van der Waals surface area (Å²) in [6.07, 6.45) is 3.53. The summed E-state index contributed by atoms with van der Waals surface area (Å²) in [5, 5.41) is 8.55. The summed E-state index contributed by atoms with van der Waals surface area (Å²) in [4.78, 5) is 33.7. The van der Waals surface area contributed by atoms with Gasteiger partial charge in [0.25, 0.3) is 5.91 Å². The van der Waals surface area contributed by atoms with E-state index in [1.807, 2.05) is 65.7 Å². The number of imidazole rings is 1. The van der Waals surface area contributed by atoms with Crippen molar-refractivity contribution in [3.05, 3.63) is 83.8 Å². The highest BCUT2D eigenvalue weighted by atomic mass is 16.5. The lowest BCUT2D eigenvalue weighted by atomic mass is 10.1. The highest BCUT2D eigenvalue weighted by molar-refractivity contribution is 5.95. The number of morpholine rings is 1. The quantitative estimate of drug-likeness (QED) is 0.365. The summed E-state index contributed by atoms with van der Waals surface area (Å²) in [7, 11) is 0. The lowest BCUT2D eigenvalue weighted by molar-refractivity contribution is -0.114. The summed E-state index contributed by atoms with van der Waals surface area (Å²) in [6, 6.07) is 16.9. The Morgan fingerprint density at radius 2 is 1.84 bits per heavy atom. The van der Waals surface area contributed by atoms with Crippen LogP contribution in [0, 0.1) is 11.8 Å². The van der Waals surface area contributed by atoms with Gasteiger partial charge in [0.05, 0.1) is 25.1 Å². The van der Waals surface area contributed by atoms with Gasteiger partial charge in [-0.3, -0.25) is 9.59 Å². The van der Waals surface area contributed by atoms with Crippen LogP contribution in [0.15, 0.2) is 67.0 Å². The SMILES string of the molecule is CC(=O)Nc1cc(C#Cc2cnc3ccc(-c4ccc(C(=O)N5CCOCC5)cc4)nn23)c2cc[nH]c2c1. The average Bonchev–Trinajstić information content (AvgIpc) is 3.58. The maximum absolute atomic E-state index is 12.8. The van der Waals surface area contributed by atoms with E-state index in [-0.39, 0.29) is 11.8 Å². The zero-order valence-corrected chi connectivity index (χ0v) is 20.7. The van der Waals surface area contributed by atoms with Gasteiger partial charge in [0.2, 0.25) is 5.91 Å². The molecule has 0 bridgehead atoms. The molecular formula is C29H24N6O3. The molecule has 0 spiro atoms. The van der Waals surface area contributed by atoms with Gasteiger partial charge in [-0.1, -0.05) is 18.1 Å². The van der Waals surface area contributed by atoms with Gasteiger partial charge < -0.3 is 19.9 Å². The molecule has 1 aliphatic heterocycles. The third-order valence-corrected chi connectivity index (χ3v) is 6.40. The minimum atomic E-state index is -0.146. The number of aromatic nitrogens is 4. The van der Waals surface area contributed by atoms with E-state index in [4.69, 9.17) is 9.84 Å². The molecule has 1 saturated heterocycles. The average molecular weight is 505 g/mol. The molecule has 2 aromatic carbocycles. The van der Waals surface area contributed by atoms with E-state index in [0.717, 1.165) is 27.7 Å². The summed E-state index contributed by atoms with van der Waals surface area (Å²) >= 11 is 0. The Balaban J connectivity index is 1.30. The van der Waals surface area contributed by atoms with E-state index in [1.165, 1.54) is 6.92 Å². The van der Waals surface area contributed by atoms with Crippen LogP contribution >= 0.6 is 0 Å². The van der Waals surface area contributed by atoms with Gasteiger partial charge in [-0.2, -0.15) is 5.10 Å². The van der Waals surface area contributed by atoms with Crippen molar-refractivity contribution >= 4 is 34.1 Å². The standard InChI is InChI=1S/C29H24N6O3/c1-19(36)32-23-16-22(25-10-11-30-27(25)17-23)6-7-24-18-31-28-9-8-26(33-35(24)28)20-2-4-21(5-3-20)29(37)34-12-14-38-15-13-34/h2-5,8-11,16-18,30H,12-15H2,1H3,(H,32,36). The molecule has 188 valence electrons. The number of anilines is 1. The van der Waals surface area contributed by atoms with Crippen LogP contribution in [0.3, 0.4) is 0 Å². The monoisotopic (exact) mass is 504 g/mol. The maximum Gasteiger partial charge on any atom is 0.254 e. The number of amides is 2. The molecule has 4 heterocycles. The van der Waals surface area contributed by atoms with Gasteiger partial charge in [-0.25, -0.2) is 9.50 Å². The Bertz CT molecular complexity index is 1730. The van der Waals surface area contributed by atoms with Gasteiger partial charge in [0, 0.05) is 59.5 Å². The molecule has 2 amide bonds. The van der Waals surface area contributed by atoms with E-state index >= 15 is 0 Å². The third-order valence-electron chi connectivity index (χ3n) is 6.40. The van der Waals surface area contributed by atoms with Crippen LogP contribution < -0.4 is 5.32 Å². The molecule has 9 heteroatoms. The molecule has 6 rings (SSSR count). The number of rotatable bonds is 3. The van der Waals surface area contributed by atoms with E-state index < -0.39 is 0 Å². The fraction of sp³-hybridized carbons (Fsp3) is 0.172. The van der Waals surface area contributed by atoms with Crippen molar-refractivity contribution in [2.24, 2.45) is 0 Å². The molecular weight excluding hydrogens is 480 g/mol. The molecule has 0 radical (unpaired) electrons. The summed E-state index contributed by atoms with van der Waals surface area (Å²) in [5.41, 5.74) is 5.91. The number of benzene rings is 2. The summed E-state index contributed by atoms with van der Waals surface area (Å²) in [6.45, 7) is 3.83. The number of aromatic amines is 1. The molecule has 9 nitrogen and oxygen atoms in total. The Kier molecular flexibility index (Phi) is 6.08. The van der Waals surface area contributed by atoms with E-state index in [1.54, 1.807) is 10.7 Å². The minimum absolute atomic E-state index is 0.00883. The largest absolute Gasteiger partial charge is 0.378 e. The topological polar surface area (TPSA) is 105 Å². The van der Waals surface area contributed by atoms with E-state index in [9.17, 15) is 9.59 Å². The van der Waals surface area contributed by atoms with Crippen LogP contribution in [0.4, 0.5) is 5.69 Å². The highest BCUT2D eigenvalue weighted by Crippen LogP contribution is 2.23. The smallest absolute Gasteiger partial charge is 0.254 e. The van der Waals surface area contributed by atoms with Crippen molar-refractivity contribution in [1.29, 1.82) is 0 Å². The van der Waals surface area contributed by atoms with Crippen molar-refractivity contribution in [2.75, 3.05) is 31.6 Å². The number of carbonyl (C=O) groups excluding carboxylic acids is 2. The zero-order valence-electron chi connectivity index (χ0n) is 20.7. The van der Waals surface area contributed by atoms with Gasteiger partial charge >= 0.3 is 0 Å². The number of nitrogens with zero attached hydrogens (tertiary/aromatic N) is 4. The molecule has 1 aliphatic rings. The van der Waals surface area contributed by atoms with Crippen molar-refractivity contribution in [2.45, 2.75) is 6.92 Å². The molecule has 0 saturated carbocycles. The number of hydrogen-bond acceptors (Lipinski definition) is 5. The minimum Gasteiger partial charge on any atom is -0.378 e. The van der Waals surface area contributed by atoms with Crippen LogP contribution in [0.2, 0.25) is 0 Å². The Labute approximate surface area is 218 Å².